The minimum atomic E-state index is 0.397. The van der Waals surface area contributed by atoms with Crippen molar-refractivity contribution < 1.29 is 0 Å². The topological polar surface area (TPSA) is 0 Å². The van der Waals surface area contributed by atoms with Gasteiger partial charge in [0.25, 0.3) is 0 Å². The van der Waals surface area contributed by atoms with Gasteiger partial charge in [0.15, 0.2) is 0 Å². The van der Waals surface area contributed by atoms with Crippen LogP contribution >= 0.6 is 0 Å². The van der Waals surface area contributed by atoms with E-state index in [-0.39, 0.29) is 0 Å². The summed E-state index contributed by atoms with van der Waals surface area (Å²) in [6.45, 7) is 14.8. The first-order chi connectivity index (χ1) is 12.2. The van der Waals surface area contributed by atoms with Crippen LogP contribution in [0.2, 0.25) is 0 Å². The van der Waals surface area contributed by atoms with Crippen molar-refractivity contribution in [2.45, 2.75) is 106 Å². The normalized spacial score (nSPS) is 27.5. The molecule has 0 heteroatoms. The van der Waals surface area contributed by atoms with Crippen LogP contribution in [0, 0.1) is 10.8 Å². The maximum Gasteiger partial charge on any atom is -0.00992 e. The Morgan fingerprint density at radius 2 is 1.04 bits per heavy atom. The van der Waals surface area contributed by atoms with Crippen molar-refractivity contribution in [3.05, 3.63) is 44.6 Å². The third-order valence-electron chi connectivity index (χ3n) is 7.84. The Morgan fingerprint density at radius 1 is 0.654 bits per heavy atom. The highest BCUT2D eigenvalue weighted by Crippen LogP contribution is 2.54. The fraction of sp³-hybridized carbons (Fsp3) is 0.692. The summed E-state index contributed by atoms with van der Waals surface area (Å²) in [5.74, 6) is 0. The molecule has 26 heavy (non-hydrogen) atoms. The van der Waals surface area contributed by atoms with Gasteiger partial charge < -0.3 is 0 Å². The summed E-state index contributed by atoms with van der Waals surface area (Å²) < 4.78 is 0. The van der Waals surface area contributed by atoms with Crippen LogP contribution in [0.5, 0.6) is 0 Å². The van der Waals surface area contributed by atoms with Crippen LogP contribution in [0.25, 0.3) is 0 Å². The maximum absolute atomic E-state index is 2.49. The van der Waals surface area contributed by atoms with E-state index in [0.29, 0.717) is 10.8 Å². The largest absolute Gasteiger partial charge is 0.0657 e. The van der Waals surface area contributed by atoms with Crippen molar-refractivity contribution in [2.24, 2.45) is 10.8 Å². The molecule has 0 aromatic carbocycles. The number of allylic oxidation sites excluding steroid dienone is 8. The van der Waals surface area contributed by atoms with Gasteiger partial charge in [-0.15, -0.1) is 0 Å². The maximum atomic E-state index is 2.49. The average Bonchev–Trinajstić information content (AvgIpc) is 3.02. The zero-order chi connectivity index (χ0) is 18.7. The zero-order valence-corrected chi connectivity index (χ0v) is 18.1. The number of hydrogen-bond donors (Lipinski definition) is 0. The van der Waals surface area contributed by atoms with Crippen LogP contribution in [0.1, 0.15) is 106 Å². The quantitative estimate of drug-likeness (QED) is 0.481. The summed E-state index contributed by atoms with van der Waals surface area (Å²) in [4.78, 5) is 0. The van der Waals surface area contributed by atoms with Crippen LogP contribution in [-0.4, -0.2) is 0 Å². The van der Waals surface area contributed by atoms with E-state index in [0.717, 1.165) is 0 Å². The molecule has 0 saturated carbocycles. The third kappa shape index (κ3) is 2.88. The Balaban J connectivity index is 1.59. The molecule has 0 saturated heterocycles. The van der Waals surface area contributed by atoms with E-state index < -0.39 is 0 Å². The molecule has 0 bridgehead atoms. The minimum Gasteiger partial charge on any atom is -0.0657 e. The van der Waals surface area contributed by atoms with Crippen LogP contribution in [0.15, 0.2) is 44.6 Å². The van der Waals surface area contributed by atoms with Crippen molar-refractivity contribution in [1.82, 2.24) is 0 Å². The van der Waals surface area contributed by atoms with Crippen LogP contribution in [-0.2, 0) is 0 Å². The number of rotatable bonds is 3. The molecule has 0 aliphatic heterocycles. The van der Waals surface area contributed by atoms with Gasteiger partial charge in [-0.05, 0) is 111 Å². The minimum absolute atomic E-state index is 0.397. The number of hydrogen-bond acceptors (Lipinski definition) is 0. The molecule has 142 valence electrons. The summed E-state index contributed by atoms with van der Waals surface area (Å²) in [7, 11) is 0. The summed E-state index contributed by atoms with van der Waals surface area (Å²) >= 11 is 0. The third-order valence-corrected chi connectivity index (χ3v) is 7.84. The van der Waals surface area contributed by atoms with E-state index in [1.54, 1.807) is 44.6 Å². The van der Waals surface area contributed by atoms with Crippen LogP contribution < -0.4 is 0 Å². The van der Waals surface area contributed by atoms with Gasteiger partial charge in [-0.25, -0.2) is 0 Å². The van der Waals surface area contributed by atoms with Crippen molar-refractivity contribution >= 4 is 0 Å². The lowest BCUT2D eigenvalue weighted by Gasteiger charge is -2.36. The monoisotopic (exact) mass is 350 g/mol. The fourth-order valence-corrected chi connectivity index (χ4v) is 6.75. The molecule has 4 rings (SSSR count). The molecule has 0 unspecified atom stereocenters. The molecule has 0 spiro atoms. The summed E-state index contributed by atoms with van der Waals surface area (Å²) in [5.41, 5.74) is 14.7. The van der Waals surface area contributed by atoms with Gasteiger partial charge in [-0.1, -0.05) is 50.0 Å². The van der Waals surface area contributed by atoms with Gasteiger partial charge in [0, 0.05) is 0 Å². The first-order valence-electron chi connectivity index (χ1n) is 11.0. The molecule has 0 fully saturated rings. The highest BCUT2D eigenvalue weighted by molar-refractivity contribution is 5.54. The molecule has 0 heterocycles. The van der Waals surface area contributed by atoms with Crippen molar-refractivity contribution in [3.8, 4) is 0 Å². The van der Waals surface area contributed by atoms with E-state index in [1.165, 1.54) is 64.2 Å². The lowest BCUT2D eigenvalue weighted by molar-refractivity contribution is 0.369. The highest BCUT2D eigenvalue weighted by atomic mass is 14.4. The van der Waals surface area contributed by atoms with Gasteiger partial charge in [-0.2, -0.15) is 0 Å². The van der Waals surface area contributed by atoms with Gasteiger partial charge in [-0.3, -0.25) is 0 Å². The molecule has 0 nitrogen and oxygen atoms in total. The SMILES string of the molecule is CC1=C(CCC2=C(C)CC3=C2C(C)(C)CCC3)C2=C(CCCC2(C)C)C1. The lowest BCUT2D eigenvalue weighted by atomic mass is 9.69. The van der Waals surface area contributed by atoms with E-state index in [2.05, 4.69) is 41.5 Å². The van der Waals surface area contributed by atoms with Crippen LogP contribution in [0.4, 0.5) is 0 Å². The second-order valence-corrected chi connectivity index (χ2v) is 10.8. The summed E-state index contributed by atoms with van der Waals surface area (Å²) in [5, 5.41) is 0. The zero-order valence-electron chi connectivity index (χ0n) is 18.1. The Hall–Kier alpha value is -1.04. The summed E-state index contributed by atoms with van der Waals surface area (Å²) in [6.07, 6.45) is 13.3. The Labute approximate surface area is 161 Å². The predicted octanol–water partition coefficient (Wildman–Crippen LogP) is 8.22. The lowest BCUT2D eigenvalue weighted by Crippen LogP contribution is -2.21. The van der Waals surface area contributed by atoms with Crippen molar-refractivity contribution in [3.63, 3.8) is 0 Å². The second kappa shape index (κ2) is 6.25. The molecule has 4 aliphatic carbocycles. The molecular formula is C26H38. The van der Waals surface area contributed by atoms with E-state index in [4.69, 9.17) is 0 Å². The molecular weight excluding hydrogens is 312 g/mol. The van der Waals surface area contributed by atoms with Gasteiger partial charge in [0.2, 0.25) is 0 Å². The molecule has 0 amide bonds. The molecule has 0 aromatic heterocycles. The first-order valence-corrected chi connectivity index (χ1v) is 11.0. The molecule has 0 atom stereocenters. The van der Waals surface area contributed by atoms with Crippen molar-refractivity contribution in [1.29, 1.82) is 0 Å². The Kier molecular flexibility index (Phi) is 4.41. The molecule has 4 aliphatic rings. The molecule has 0 aromatic rings. The van der Waals surface area contributed by atoms with E-state index in [1.807, 2.05) is 0 Å². The fourth-order valence-electron chi connectivity index (χ4n) is 6.75. The average molecular weight is 351 g/mol. The second-order valence-electron chi connectivity index (χ2n) is 10.8. The summed E-state index contributed by atoms with van der Waals surface area (Å²) in [6, 6.07) is 0. The van der Waals surface area contributed by atoms with Crippen molar-refractivity contribution in [2.75, 3.05) is 0 Å². The molecule has 0 radical (unpaired) electrons. The van der Waals surface area contributed by atoms with E-state index >= 15 is 0 Å². The first kappa shape index (κ1) is 18.3. The molecule has 0 N–H and O–H groups in total. The Bertz CT molecular complexity index is 692. The van der Waals surface area contributed by atoms with E-state index in [9.17, 15) is 0 Å². The smallest absolute Gasteiger partial charge is 0.00992 e. The van der Waals surface area contributed by atoms with Gasteiger partial charge in [0.1, 0.15) is 0 Å². The van der Waals surface area contributed by atoms with Crippen LogP contribution in [0.3, 0.4) is 0 Å². The van der Waals surface area contributed by atoms with Gasteiger partial charge in [0.05, 0.1) is 0 Å². The standard InChI is InChI=1S/C26H38/c1-17-15-19-9-7-13-25(3,4)23(19)21(17)11-12-22-18(2)16-20-10-8-14-26(5,6)24(20)22/h7-16H2,1-6H3. The Morgan fingerprint density at radius 3 is 1.42 bits per heavy atom. The predicted molar refractivity (Wildman–Crippen MR) is 113 cm³/mol. The highest BCUT2D eigenvalue weighted by Gasteiger charge is 2.38. The van der Waals surface area contributed by atoms with Gasteiger partial charge >= 0.3 is 0 Å².